The molecule has 4 nitrogen and oxygen atoms in total. The number of aromatic amines is 2. The van der Waals surface area contributed by atoms with Crippen LogP contribution >= 0.6 is 46.4 Å². The quantitative estimate of drug-likeness (QED) is 0.144. The van der Waals surface area contributed by atoms with Crippen LogP contribution in [-0.4, -0.2) is 32.5 Å². The van der Waals surface area contributed by atoms with E-state index in [4.69, 9.17) is 46.4 Å². The van der Waals surface area contributed by atoms with Gasteiger partial charge < -0.3 is 20.2 Å². The van der Waals surface area contributed by atoms with Crippen LogP contribution < -0.4 is 0 Å². The molecule has 2 aliphatic carbocycles. The summed E-state index contributed by atoms with van der Waals surface area (Å²) in [6.45, 7) is 0. The Morgan fingerprint density at radius 3 is 1.30 bits per heavy atom. The van der Waals surface area contributed by atoms with Crippen LogP contribution in [0, 0.1) is 0 Å². The van der Waals surface area contributed by atoms with E-state index in [-0.39, 0.29) is 47.1 Å². The first-order valence-corrected chi connectivity index (χ1v) is 13.6. The predicted octanol–water partition coefficient (Wildman–Crippen LogP) is 9.12. The van der Waals surface area contributed by atoms with E-state index in [1.807, 2.05) is 0 Å². The van der Waals surface area contributed by atoms with Crippen molar-refractivity contribution in [2.24, 2.45) is 0 Å². The minimum Gasteiger partial charge on any atom is -0.375 e. The Balaban J connectivity index is 0.000000161. The summed E-state index contributed by atoms with van der Waals surface area (Å²) in [5, 5.41) is 22.4. The zero-order valence-corrected chi connectivity index (χ0v) is 23.2. The Labute approximate surface area is 243 Å². The van der Waals surface area contributed by atoms with Crippen molar-refractivity contribution in [3.05, 3.63) is 66.9 Å². The topological polar surface area (TPSA) is 72.0 Å². The van der Waals surface area contributed by atoms with Gasteiger partial charge in [-0.2, -0.15) is 26.3 Å². The maximum absolute atomic E-state index is 13.2. The van der Waals surface area contributed by atoms with Crippen molar-refractivity contribution in [2.75, 3.05) is 0 Å². The monoisotopic (exact) mass is 646 g/mol. The molecule has 0 saturated carbocycles. The zero-order valence-electron chi connectivity index (χ0n) is 20.2. The lowest BCUT2D eigenvalue weighted by atomic mass is 9.82. The van der Waals surface area contributed by atoms with Gasteiger partial charge in [0, 0.05) is 20.8 Å². The highest BCUT2D eigenvalue weighted by Gasteiger charge is 2.58. The maximum atomic E-state index is 13.2. The molecule has 0 fully saturated rings. The molecule has 0 bridgehead atoms. The van der Waals surface area contributed by atoms with E-state index >= 15 is 0 Å². The number of aliphatic hydroxyl groups is 2. The van der Waals surface area contributed by atoms with Gasteiger partial charge in [0.2, 0.25) is 11.2 Å². The molecule has 0 amide bonds. The molecule has 0 radical (unpaired) electrons. The number of nitrogens with one attached hydrogen (secondary N) is 2. The highest BCUT2D eigenvalue weighted by Crippen LogP contribution is 2.50. The van der Waals surface area contributed by atoms with E-state index in [0.717, 1.165) is 0 Å². The SMILES string of the molecule is OC1(C(F)(F)F)CCCc2c1[nH]c1c(Cl)cc(Cl)cc21.O[C@]1(C(F)(F)F)CCCc2c1[nH]c1c(Cl)cc(Cl)cc21. The van der Waals surface area contributed by atoms with Crippen LogP contribution in [0.25, 0.3) is 21.8 Å². The molecule has 4 aromatic rings. The van der Waals surface area contributed by atoms with Crippen LogP contribution in [0.15, 0.2) is 24.3 Å². The minimum absolute atomic E-state index is 0.213. The Morgan fingerprint density at radius 2 is 0.975 bits per heavy atom. The molecule has 2 heterocycles. The van der Waals surface area contributed by atoms with Gasteiger partial charge in [-0.3, -0.25) is 0 Å². The fourth-order valence-electron chi connectivity index (χ4n) is 5.63. The first-order valence-electron chi connectivity index (χ1n) is 12.1. The summed E-state index contributed by atoms with van der Waals surface area (Å²) >= 11 is 23.8. The van der Waals surface area contributed by atoms with E-state index in [9.17, 15) is 36.6 Å². The Bertz CT molecular complexity index is 1510. The Kier molecular flexibility index (Phi) is 7.33. The van der Waals surface area contributed by atoms with Gasteiger partial charge in [-0.15, -0.1) is 0 Å². The van der Waals surface area contributed by atoms with Crippen LogP contribution in [0.3, 0.4) is 0 Å². The lowest BCUT2D eigenvalue weighted by molar-refractivity contribution is -0.272. The first-order chi connectivity index (χ1) is 18.5. The van der Waals surface area contributed by atoms with Gasteiger partial charge in [0.25, 0.3) is 0 Å². The zero-order chi connectivity index (χ0) is 29.4. The molecule has 14 heteroatoms. The smallest absolute Gasteiger partial charge is 0.375 e. The molecule has 2 atom stereocenters. The standard InChI is InChI=1S/2C13H10Cl2F3NO/c2*14-6-4-8-7-2-1-3-12(20,13(16,17)18)11(7)19-10(8)9(15)5-6/h2*4-5,19-20H,1-3H2/t12-;/m1./s1. The number of hydrogen-bond donors (Lipinski definition) is 4. The maximum Gasteiger partial charge on any atom is 0.422 e. The normalized spacial score (nSPS) is 23.1. The van der Waals surface area contributed by atoms with Crippen LogP contribution in [-0.2, 0) is 24.0 Å². The number of fused-ring (bicyclic) bond motifs is 6. The fraction of sp³-hybridized carbons (Fsp3) is 0.385. The molecule has 6 rings (SSSR count). The molecule has 1 unspecified atom stereocenters. The highest BCUT2D eigenvalue weighted by atomic mass is 35.5. The van der Waals surface area contributed by atoms with Crippen LogP contribution in [0.4, 0.5) is 26.3 Å². The summed E-state index contributed by atoms with van der Waals surface area (Å²) in [5.41, 5.74) is -4.49. The number of aryl methyl sites for hydroxylation is 2. The van der Waals surface area contributed by atoms with Crippen LogP contribution in [0.2, 0.25) is 20.1 Å². The number of rotatable bonds is 0. The molecule has 4 N–H and O–H groups in total. The first kappa shape index (κ1) is 29.7. The Morgan fingerprint density at radius 1 is 0.625 bits per heavy atom. The predicted molar refractivity (Wildman–Crippen MR) is 142 cm³/mol. The number of aromatic nitrogens is 2. The summed E-state index contributed by atoms with van der Waals surface area (Å²) in [6, 6.07) is 6.06. The largest absolute Gasteiger partial charge is 0.422 e. The lowest BCUT2D eigenvalue weighted by Crippen LogP contribution is -2.45. The lowest BCUT2D eigenvalue weighted by Gasteiger charge is -2.33. The average Bonchev–Trinajstić information content (AvgIpc) is 3.40. The number of H-pyrrole nitrogens is 2. The number of halogens is 10. The van der Waals surface area contributed by atoms with Crippen molar-refractivity contribution in [2.45, 2.75) is 62.1 Å². The summed E-state index contributed by atoms with van der Waals surface area (Å²) < 4.78 is 79.1. The highest BCUT2D eigenvalue weighted by molar-refractivity contribution is 6.39. The molecule has 2 aliphatic rings. The molecule has 40 heavy (non-hydrogen) atoms. The molecule has 216 valence electrons. The second kappa shape index (κ2) is 9.88. The third kappa shape index (κ3) is 4.65. The number of alkyl halides is 6. The summed E-state index contributed by atoms with van der Waals surface area (Å²) in [6.07, 6.45) is -8.79. The van der Waals surface area contributed by atoms with Crippen molar-refractivity contribution in [3.8, 4) is 0 Å². The van der Waals surface area contributed by atoms with Crippen LogP contribution in [0.5, 0.6) is 0 Å². The average molecular weight is 648 g/mol. The van der Waals surface area contributed by atoms with Gasteiger partial charge in [-0.25, -0.2) is 0 Å². The van der Waals surface area contributed by atoms with Crippen molar-refractivity contribution in [1.29, 1.82) is 0 Å². The molecular weight excluding hydrogens is 628 g/mol. The van der Waals surface area contributed by atoms with Gasteiger partial charge in [0.05, 0.1) is 32.5 Å². The van der Waals surface area contributed by atoms with Crippen LogP contribution in [0.1, 0.15) is 48.2 Å². The summed E-state index contributed by atoms with van der Waals surface area (Å²) in [4.78, 5) is 5.30. The van der Waals surface area contributed by atoms with E-state index in [0.29, 0.717) is 55.8 Å². The number of benzene rings is 2. The third-order valence-corrected chi connectivity index (χ3v) is 8.59. The van der Waals surface area contributed by atoms with Gasteiger partial charge in [-0.05, 0) is 73.9 Å². The number of hydrogen-bond acceptors (Lipinski definition) is 2. The second-order valence-electron chi connectivity index (χ2n) is 10.0. The minimum atomic E-state index is -4.74. The van der Waals surface area contributed by atoms with Crippen molar-refractivity contribution < 1.29 is 36.6 Å². The summed E-state index contributed by atoms with van der Waals surface area (Å²) in [5.74, 6) is 0. The van der Waals surface area contributed by atoms with E-state index < -0.39 is 23.6 Å². The van der Waals surface area contributed by atoms with E-state index in [1.54, 1.807) is 12.1 Å². The molecular formula is C26H20Cl4F6N2O2. The Hall–Kier alpha value is -1.82. The third-order valence-electron chi connectivity index (χ3n) is 7.56. The fourth-order valence-corrected chi connectivity index (χ4v) is 6.71. The van der Waals surface area contributed by atoms with Crippen molar-refractivity contribution in [1.82, 2.24) is 9.97 Å². The van der Waals surface area contributed by atoms with Gasteiger partial charge >= 0.3 is 12.4 Å². The van der Waals surface area contributed by atoms with Gasteiger partial charge in [0.1, 0.15) is 0 Å². The van der Waals surface area contributed by atoms with Crippen molar-refractivity contribution in [3.63, 3.8) is 0 Å². The van der Waals surface area contributed by atoms with Crippen molar-refractivity contribution >= 4 is 68.2 Å². The molecule has 0 aliphatic heterocycles. The second-order valence-corrected chi connectivity index (χ2v) is 11.7. The molecule has 2 aromatic heterocycles. The van der Waals surface area contributed by atoms with Gasteiger partial charge in [0.15, 0.2) is 0 Å². The van der Waals surface area contributed by atoms with E-state index in [1.165, 1.54) is 12.1 Å². The molecule has 0 saturated heterocycles. The molecule has 2 aromatic carbocycles. The molecule has 0 spiro atoms. The summed E-state index contributed by atoms with van der Waals surface area (Å²) in [7, 11) is 0. The van der Waals surface area contributed by atoms with Gasteiger partial charge in [-0.1, -0.05) is 46.4 Å². The van der Waals surface area contributed by atoms with E-state index in [2.05, 4.69) is 9.97 Å².